The van der Waals surface area contributed by atoms with Crippen molar-refractivity contribution >= 4 is 15.9 Å². The van der Waals surface area contributed by atoms with E-state index >= 15 is 0 Å². The van der Waals surface area contributed by atoms with E-state index in [2.05, 4.69) is 22.5 Å². The molecular weight excluding hydrogens is 247 g/mol. The molecule has 0 aliphatic heterocycles. The van der Waals surface area contributed by atoms with Gasteiger partial charge in [-0.2, -0.15) is 0 Å². The van der Waals surface area contributed by atoms with Crippen LogP contribution in [-0.4, -0.2) is 5.11 Å². The van der Waals surface area contributed by atoms with E-state index in [1.807, 2.05) is 6.92 Å². The topological polar surface area (TPSA) is 20.2 Å². The Morgan fingerprint density at radius 1 is 1.64 bits per heavy atom. The van der Waals surface area contributed by atoms with Gasteiger partial charge in [0.05, 0.1) is 10.6 Å². The molecule has 0 radical (unpaired) electrons. The maximum atomic E-state index is 12.9. The zero-order valence-corrected chi connectivity index (χ0v) is 9.51. The van der Waals surface area contributed by atoms with Gasteiger partial charge in [0.15, 0.2) is 0 Å². The van der Waals surface area contributed by atoms with Crippen molar-refractivity contribution in [2.24, 2.45) is 0 Å². The number of aliphatic hydroxyl groups is 1. The van der Waals surface area contributed by atoms with Gasteiger partial charge in [-0.25, -0.2) is 4.39 Å². The van der Waals surface area contributed by atoms with E-state index in [-0.39, 0.29) is 5.82 Å². The highest BCUT2D eigenvalue weighted by atomic mass is 79.9. The average molecular weight is 259 g/mol. The van der Waals surface area contributed by atoms with Crippen LogP contribution in [0, 0.1) is 5.82 Å². The minimum atomic E-state index is -0.607. The van der Waals surface area contributed by atoms with E-state index in [4.69, 9.17) is 0 Å². The van der Waals surface area contributed by atoms with Crippen molar-refractivity contribution in [3.05, 3.63) is 46.2 Å². The van der Waals surface area contributed by atoms with E-state index in [0.717, 1.165) is 5.57 Å². The summed E-state index contributed by atoms with van der Waals surface area (Å²) in [5.41, 5.74) is 1.60. The van der Waals surface area contributed by atoms with Gasteiger partial charge < -0.3 is 5.11 Å². The van der Waals surface area contributed by atoms with Crippen LogP contribution in [0.1, 0.15) is 25.0 Å². The Labute approximate surface area is 91.4 Å². The standard InChI is InChI=1S/C11H12BrFO/c1-7(2)5-11(14)8-3-4-10(13)9(12)6-8/h3-4,6,11,14H,1,5H2,2H3. The van der Waals surface area contributed by atoms with Gasteiger partial charge in [0, 0.05) is 0 Å². The summed E-state index contributed by atoms with van der Waals surface area (Å²) < 4.78 is 13.2. The molecule has 0 spiro atoms. The molecule has 14 heavy (non-hydrogen) atoms. The fourth-order valence-electron chi connectivity index (χ4n) is 1.17. The van der Waals surface area contributed by atoms with Crippen LogP contribution in [0.4, 0.5) is 4.39 Å². The molecule has 0 amide bonds. The number of halogens is 2. The summed E-state index contributed by atoms with van der Waals surface area (Å²) in [6, 6.07) is 4.50. The van der Waals surface area contributed by atoms with Crippen molar-refractivity contribution in [3.63, 3.8) is 0 Å². The first-order valence-electron chi connectivity index (χ1n) is 4.28. The lowest BCUT2D eigenvalue weighted by molar-refractivity contribution is 0.178. The highest BCUT2D eigenvalue weighted by Crippen LogP contribution is 2.24. The van der Waals surface area contributed by atoms with Gasteiger partial charge in [-0.1, -0.05) is 11.6 Å². The quantitative estimate of drug-likeness (QED) is 0.822. The van der Waals surface area contributed by atoms with Crippen LogP contribution in [0.2, 0.25) is 0 Å². The molecule has 1 nitrogen and oxygen atoms in total. The SMILES string of the molecule is C=C(C)CC(O)c1ccc(F)c(Br)c1. The van der Waals surface area contributed by atoms with Gasteiger partial charge in [0.1, 0.15) is 5.82 Å². The molecule has 0 saturated heterocycles. The molecule has 0 fully saturated rings. The molecule has 1 rings (SSSR count). The van der Waals surface area contributed by atoms with Crippen LogP contribution in [0.15, 0.2) is 34.8 Å². The number of benzene rings is 1. The predicted molar refractivity (Wildman–Crippen MR) is 58.5 cm³/mol. The highest BCUT2D eigenvalue weighted by molar-refractivity contribution is 9.10. The predicted octanol–water partition coefficient (Wildman–Crippen LogP) is 3.59. The third kappa shape index (κ3) is 2.93. The molecule has 1 atom stereocenters. The van der Waals surface area contributed by atoms with E-state index in [1.165, 1.54) is 6.07 Å². The van der Waals surface area contributed by atoms with Crippen LogP contribution in [0.5, 0.6) is 0 Å². The maximum Gasteiger partial charge on any atom is 0.137 e. The molecule has 1 aromatic carbocycles. The summed E-state index contributed by atoms with van der Waals surface area (Å²) in [7, 11) is 0. The first kappa shape index (κ1) is 11.4. The molecule has 0 bridgehead atoms. The molecule has 3 heteroatoms. The number of aliphatic hydroxyl groups excluding tert-OH is 1. The Morgan fingerprint density at radius 2 is 2.29 bits per heavy atom. The molecule has 1 N–H and O–H groups in total. The van der Waals surface area contributed by atoms with E-state index in [0.29, 0.717) is 16.5 Å². The molecule has 0 aromatic heterocycles. The fourth-order valence-corrected chi connectivity index (χ4v) is 1.56. The van der Waals surface area contributed by atoms with Crippen molar-refractivity contribution in [1.82, 2.24) is 0 Å². The third-order valence-electron chi connectivity index (χ3n) is 1.87. The lowest BCUT2D eigenvalue weighted by Gasteiger charge is -2.11. The van der Waals surface area contributed by atoms with Gasteiger partial charge in [-0.15, -0.1) is 6.58 Å². The second-order valence-corrected chi connectivity index (χ2v) is 4.20. The van der Waals surface area contributed by atoms with Gasteiger partial charge in [-0.3, -0.25) is 0 Å². The van der Waals surface area contributed by atoms with Crippen LogP contribution in [0.3, 0.4) is 0 Å². The zero-order chi connectivity index (χ0) is 10.7. The third-order valence-corrected chi connectivity index (χ3v) is 2.48. The lowest BCUT2D eigenvalue weighted by atomic mass is 10.0. The van der Waals surface area contributed by atoms with Crippen molar-refractivity contribution in [3.8, 4) is 0 Å². The van der Waals surface area contributed by atoms with Crippen LogP contribution < -0.4 is 0 Å². The maximum absolute atomic E-state index is 12.9. The summed E-state index contributed by atoms with van der Waals surface area (Å²) in [5, 5.41) is 9.70. The zero-order valence-electron chi connectivity index (χ0n) is 7.93. The van der Waals surface area contributed by atoms with E-state index in [9.17, 15) is 9.50 Å². The molecule has 0 heterocycles. The monoisotopic (exact) mass is 258 g/mol. The minimum absolute atomic E-state index is 0.323. The van der Waals surface area contributed by atoms with Crippen molar-refractivity contribution < 1.29 is 9.50 Å². The van der Waals surface area contributed by atoms with Crippen LogP contribution in [-0.2, 0) is 0 Å². The summed E-state index contributed by atoms with van der Waals surface area (Å²) >= 11 is 3.07. The molecular formula is C11H12BrFO. The number of hydrogen-bond acceptors (Lipinski definition) is 1. The minimum Gasteiger partial charge on any atom is -0.388 e. The molecule has 1 aromatic rings. The van der Waals surface area contributed by atoms with Gasteiger partial charge in [0.25, 0.3) is 0 Å². The Balaban J connectivity index is 2.85. The Morgan fingerprint density at radius 3 is 2.79 bits per heavy atom. The van der Waals surface area contributed by atoms with Crippen LogP contribution in [0.25, 0.3) is 0 Å². The molecule has 1 unspecified atom stereocenters. The Kier molecular flexibility index (Phi) is 3.84. The fraction of sp³-hybridized carbons (Fsp3) is 0.273. The first-order valence-corrected chi connectivity index (χ1v) is 5.07. The first-order chi connectivity index (χ1) is 6.50. The molecule has 0 aliphatic rings. The Hall–Kier alpha value is -0.670. The molecule has 0 saturated carbocycles. The van der Waals surface area contributed by atoms with Crippen molar-refractivity contribution in [2.75, 3.05) is 0 Å². The summed E-state index contributed by atoms with van der Waals surface area (Å²) in [5.74, 6) is -0.323. The van der Waals surface area contributed by atoms with Gasteiger partial charge in [0.2, 0.25) is 0 Å². The second kappa shape index (κ2) is 4.71. The normalized spacial score (nSPS) is 12.6. The largest absolute Gasteiger partial charge is 0.388 e. The molecule has 76 valence electrons. The highest BCUT2D eigenvalue weighted by Gasteiger charge is 2.09. The summed E-state index contributed by atoms with van der Waals surface area (Å²) in [6.07, 6.45) is -0.109. The average Bonchev–Trinajstić information content (AvgIpc) is 2.08. The number of hydrogen-bond donors (Lipinski definition) is 1. The second-order valence-electron chi connectivity index (χ2n) is 3.35. The lowest BCUT2D eigenvalue weighted by Crippen LogP contribution is -1.98. The van der Waals surface area contributed by atoms with Crippen molar-refractivity contribution in [2.45, 2.75) is 19.4 Å². The Bertz CT molecular complexity index is 349. The number of rotatable bonds is 3. The van der Waals surface area contributed by atoms with Crippen molar-refractivity contribution in [1.29, 1.82) is 0 Å². The summed E-state index contributed by atoms with van der Waals surface area (Å²) in [6.45, 7) is 5.56. The van der Waals surface area contributed by atoms with Gasteiger partial charge >= 0.3 is 0 Å². The van der Waals surface area contributed by atoms with Crippen LogP contribution >= 0.6 is 15.9 Å². The van der Waals surface area contributed by atoms with Gasteiger partial charge in [-0.05, 0) is 47.0 Å². The van der Waals surface area contributed by atoms with E-state index < -0.39 is 6.10 Å². The summed E-state index contributed by atoms with van der Waals surface area (Å²) in [4.78, 5) is 0. The van der Waals surface area contributed by atoms with E-state index in [1.54, 1.807) is 12.1 Å². The molecule has 0 aliphatic carbocycles. The smallest absolute Gasteiger partial charge is 0.137 e.